The van der Waals surface area contributed by atoms with Crippen LogP contribution in [0.1, 0.15) is 137 Å². The van der Waals surface area contributed by atoms with Crippen molar-refractivity contribution in [1.29, 1.82) is 0 Å². The van der Waals surface area contributed by atoms with E-state index in [2.05, 4.69) is 40.7 Å². The van der Waals surface area contributed by atoms with Gasteiger partial charge in [-0.05, 0) is 98.2 Å². The lowest BCUT2D eigenvalue weighted by molar-refractivity contribution is -0.151. The number of hydrogen-bond donors (Lipinski definition) is 0. The number of fused-ring (bicyclic) bond motifs is 5. The summed E-state index contributed by atoms with van der Waals surface area (Å²) in [7, 11) is 0. The van der Waals surface area contributed by atoms with E-state index >= 15 is 0 Å². The third-order valence-corrected chi connectivity index (χ3v) is 11.1. The molecule has 2 nitrogen and oxygen atoms in total. The van der Waals surface area contributed by atoms with E-state index < -0.39 is 0 Å². The average molecular weight is 471 g/mol. The van der Waals surface area contributed by atoms with Crippen molar-refractivity contribution in [1.82, 2.24) is 0 Å². The molecule has 0 saturated heterocycles. The van der Waals surface area contributed by atoms with Gasteiger partial charge in [-0.2, -0.15) is 0 Å². The fourth-order valence-electron chi connectivity index (χ4n) is 9.02. The molecule has 4 aliphatic rings. The minimum atomic E-state index is 0.0372. The van der Waals surface area contributed by atoms with Crippen LogP contribution in [0.5, 0.6) is 0 Å². The first-order chi connectivity index (χ1) is 16.3. The van der Waals surface area contributed by atoms with Crippen LogP contribution in [-0.2, 0) is 9.53 Å². The molecule has 194 valence electrons. The van der Waals surface area contributed by atoms with E-state index in [1.165, 1.54) is 64.2 Å². The van der Waals surface area contributed by atoms with Gasteiger partial charge in [-0.3, -0.25) is 4.79 Å². The van der Waals surface area contributed by atoms with Gasteiger partial charge in [0.05, 0.1) is 0 Å². The quantitative estimate of drug-likeness (QED) is 0.181. The Morgan fingerprint density at radius 2 is 1.85 bits per heavy atom. The summed E-state index contributed by atoms with van der Waals surface area (Å²) in [5.41, 5.74) is 2.58. The molecule has 0 aliphatic heterocycles. The van der Waals surface area contributed by atoms with Crippen LogP contribution in [0, 0.1) is 40.4 Å². The second kappa shape index (κ2) is 11.1. The van der Waals surface area contributed by atoms with Gasteiger partial charge in [0, 0.05) is 12.8 Å². The van der Waals surface area contributed by atoms with Crippen molar-refractivity contribution >= 4 is 5.97 Å². The molecule has 4 rings (SSSR count). The number of allylic oxidation sites excluding steroid dienone is 1. The van der Waals surface area contributed by atoms with Gasteiger partial charge in [0.1, 0.15) is 6.10 Å². The predicted octanol–water partition coefficient (Wildman–Crippen LogP) is 9.27. The summed E-state index contributed by atoms with van der Waals surface area (Å²) in [6, 6.07) is 0. The van der Waals surface area contributed by atoms with E-state index in [0.29, 0.717) is 17.3 Å². The van der Waals surface area contributed by atoms with Gasteiger partial charge in [-0.15, -0.1) is 0 Å². The second-order valence-corrected chi connectivity index (χ2v) is 13.6. The Balaban J connectivity index is 1.36. The monoisotopic (exact) mass is 470 g/mol. The van der Waals surface area contributed by atoms with Gasteiger partial charge in [0.25, 0.3) is 0 Å². The van der Waals surface area contributed by atoms with E-state index in [1.54, 1.807) is 5.57 Å². The second-order valence-electron chi connectivity index (χ2n) is 13.6. The van der Waals surface area contributed by atoms with E-state index in [4.69, 9.17) is 4.74 Å². The minimum Gasteiger partial charge on any atom is -0.462 e. The van der Waals surface area contributed by atoms with Crippen LogP contribution in [-0.4, -0.2) is 12.1 Å². The third-order valence-electron chi connectivity index (χ3n) is 11.1. The van der Waals surface area contributed by atoms with Crippen molar-refractivity contribution in [3.8, 4) is 0 Å². The maximum atomic E-state index is 12.3. The molecule has 7 atom stereocenters. The Kier molecular flexibility index (Phi) is 8.56. The Morgan fingerprint density at radius 3 is 2.62 bits per heavy atom. The molecule has 0 heterocycles. The van der Waals surface area contributed by atoms with Gasteiger partial charge >= 0.3 is 5.97 Å². The molecule has 0 aromatic rings. The van der Waals surface area contributed by atoms with Crippen LogP contribution in [0.2, 0.25) is 0 Å². The first-order valence-corrected chi connectivity index (χ1v) is 15.2. The molecule has 0 N–H and O–H groups in total. The number of esters is 1. The van der Waals surface area contributed by atoms with Crippen LogP contribution in [0.3, 0.4) is 0 Å². The van der Waals surface area contributed by atoms with Crippen LogP contribution in [0.4, 0.5) is 0 Å². The summed E-state index contributed by atoms with van der Waals surface area (Å²) in [6.45, 7) is 12.2. The predicted molar refractivity (Wildman–Crippen MR) is 143 cm³/mol. The molecular formula is C32H54O2. The van der Waals surface area contributed by atoms with Crippen molar-refractivity contribution in [2.45, 2.75) is 143 Å². The molecular weight excluding hydrogens is 416 g/mol. The summed E-state index contributed by atoms with van der Waals surface area (Å²) in [5, 5.41) is 0. The molecule has 34 heavy (non-hydrogen) atoms. The first-order valence-electron chi connectivity index (χ1n) is 15.2. The maximum Gasteiger partial charge on any atom is 0.306 e. The number of hydrogen-bond acceptors (Lipinski definition) is 2. The van der Waals surface area contributed by atoms with Crippen molar-refractivity contribution in [2.24, 2.45) is 40.4 Å². The lowest BCUT2D eigenvalue weighted by Crippen LogP contribution is -2.50. The Morgan fingerprint density at radius 1 is 1.03 bits per heavy atom. The zero-order valence-electron chi connectivity index (χ0n) is 23.2. The van der Waals surface area contributed by atoms with E-state index in [9.17, 15) is 4.79 Å². The fourth-order valence-corrected chi connectivity index (χ4v) is 9.02. The van der Waals surface area contributed by atoms with Gasteiger partial charge < -0.3 is 4.74 Å². The van der Waals surface area contributed by atoms with Gasteiger partial charge in [-0.25, -0.2) is 0 Å². The largest absolute Gasteiger partial charge is 0.462 e. The zero-order valence-corrected chi connectivity index (χ0v) is 23.2. The zero-order chi connectivity index (χ0) is 24.3. The molecule has 0 spiro atoms. The summed E-state index contributed by atoms with van der Waals surface area (Å²) < 4.78 is 5.95. The van der Waals surface area contributed by atoms with E-state index in [0.717, 1.165) is 61.7 Å². The molecule has 4 aliphatic carbocycles. The molecule has 0 aromatic carbocycles. The summed E-state index contributed by atoms with van der Waals surface area (Å²) >= 11 is 0. The molecule has 0 radical (unpaired) electrons. The maximum absolute atomic E-state index is 12.3. The van der Waals surface area contributed by atoms with Crippen LogP contribution in [0.25, 0.3) is 0 Å². The highest BCUT2D eigenvalue weighted by Crippen LogP contribution is 2.66. The lowest BCUT2D eigenvalue weighted by atomic mass is 9.47. The molecule has 0 bridgehead atoms. The Bertz CT molecular complexity index is 723. The number of carbonyl (C=O) groups is 1. The highest BCUT2D eigenvalue weighted by Gasteiger charge is 2.58. The molecule has 3 fully saturated rings. The van der Waals surface area contributed by atoms with Crippen LogP contribution >= 0.6 is 0 Å². The number of unbranched alkanes of at least 4 members (excludes halogenated alkanes) is 3. The van der Waals surface area contributed by atoms with Crippen LogP contribution < -0.4 is 0 Å². The topological polar surface area (TPSA) is 26.3 Å². The normalized spacial score (nSPS) is 39.2. The van der Waals surface area contributed by atoms with Crippen molar-refractivity contribution < 1.29 is 9.53 Å². The summed E-state index contributed by atoms with van der Waals surface area (Å²) in [4.78, 5) is 12.3. The molecule has 0 amide bonds. The summed E-state index contributed by atoms with van der Waals surface area (Å²) in [6.07, 6.45) is 22.8. The average Bonchev–Trinajstić information content (AvgIpc) is 3.13. The third kappa shape index (κ3) is 5.31. The van der Waals surface area contributed by atoms with Crippen molar-refractivity contribution in [2.75, 3.05) is 0 Å². The van der Waals surface area contributed by atoms with Crippen molar-refractivity contribution in [3.05, 3.63) is 11.6 Å². The van der Waals surface area contributed by atoms with Gasteiger partial charge in [0.15, 0.2) is 0 Å². The smallest absolute Gasteiger partial charge is 0.306 e. The van der Waals surface area contributed by atoms with Crippen LogP contribution in [0.15, 0.2) is 11.6 Å². The Labute approximate surface area is 211 Å². The fraction of sp³-hybridized carbons (Fsp3) is 0.906. The minimum absolute atomic E-state index is 0.0372. The molecule has 2 heteroatoms. The molecule has 3 saturated carbocycles. The standard InChI is InChI=1S/C32H54O2/c1-6-7-8-13-30(33)34-26-18-20-32(5)25(22-26)14-16-27-28-17-15-24(12-10-9-11-23(2)3)31(28,4)21-19-29(27)32/h14,23-24,26-29H,6-13,15-22H2,1-5H3. The summed E-state index contributed by atoms with van der Waals surface area (Å²) in [5.74, 6) is 4.53. The van der Waals surface area contributed by atoms with Gasteiger partial charge in [0.2, 0.25) is 0 Å². The van der Waals surface area contributed by atoms with E-state index in [1.807, 2.05) is 0 Å². The number of ether oxygens (including phenoxy) is 1. The highest BCUT2D eigenvalue weighted by atomic mass is 16.5. The SMILES string of the molecule is CCCCCC(=O)OC1CCC2(C)C(=CCC3C2CCC2(C)C(CCCCC(C)C)CCC32)C1. The highest BCUT2D eigenvalue weighted by molar-refractivity contribution is 5.69. The lowest BCUT2D eigenvalue weighted by Gasteiger charge is -2.58. The van der Waals surface area contributed by atoms with Crippen molar-refractivity contribution in [3.63, 3.8) is 0 Å². The number of carbonyl (C=O) groups excluding carboxylic acids is 1. The Hall–Kier alpha value is -0.790. The van der Waals surface area contributed by atoms with E-state index in [-0.39, 0.29) is 12.1 Å². The number of rotatable bonds is 10. The first kappa shape index (κ1) is 26.3. The molecule has 0 aromatic heterocycles. The molecule has 7 unspecified atom stereocenters. The van der Waals surface area contributed by atoms with Gasteiger partial charge in [-0.1, -0.05) is 78.4 Å².